The van der Waals surface area contributed by atoms with E-state index in [9.17, 15) is 4.79 Å². The molecule has 0 radical (unpaired) electrons. The quantitative estimate of drug-likeness (QED) is 0.704. The lowest BCUT2D eigenvalue weighted by atomic mass is 10.0. The minimum Gasteiger partial charge on any atom is -0.466 e. The van der Waals surface area contributed by atoms with E-state index in [4.69, 9.17) is 34.2 Å². The molecule has 3 aliphatic heterocycles. The molecule has 0 aromatic heterocycles. The maximum atomic E-state index is 12.1. The van der Waals surface area contributed by atoms with Crippen LogP contribution in [0, 0.1) is 0 Å². The summed E-state index contributed by atoms with van der Waals surface area (Å²) in [7, 11) is 1.25. The molecule has 0 aliphatic carbocycles. The van der Waals surface area contributed by atoms with Gasteiger partial charge in [0.15, 0.2) is 11.6 Å². The molecule has 0 saturated carbocycles. The predicted molar refractivity (Wildman–Crippen MR) is 72.5 cm³/mol. The van der Waals surface area contributed by atoms with Crippen LogP contribution in [0.25, 0.3) is 0 Å². The van der Waals surface area contributed by atoms with Crippen LogP contribution >= 0.6 is 0 Å². The van der Waals surface area contributed by atoms with Gasteiger partial charge in [-0.15, -0.1) is 0 Å². The molecule has 0 bridgehead atoms. The molecule has 2 N–H and O–H groups in total. The van der Waals surface area contributed by atoms with Gasteiger partial charge in [-0.25, -0.2) is 4.79 Å². The number of methoxy groups -OCH3 is 1. The van der Waals surface area contributed by atoms with Crippen molar-refractivity contribution < 1.29 is 33.2 Å². The lowest BCUT2D eigenvalue weighted by Gasteiger charge is -2.30. The summed E-state index contributed by atoms with van der Waals surface area (Å²) in [6.07, 6.45) is -2.30. The molecule has 3 heterocycles. The van der Waals surface area contributed by atoms with Gasteiger partial charge in [0.25, 0.3) is 0 Å². The third-order valence-corrected chi connectivity index (χ3v) is 4.11. The Kier molecular flexibility index (Phi) is 3.56. The van der Waals surface area contributed by atoms with Crippen molar-refractivity contribution >= 4 is 5.97 Å². The normalized spacial score (nSPS) is 45.7. The summed E-state index contributed by atoms with van der Waals surface area (Å²) in [6, 6.07) is 0. The molecule has 3 saturated heterocycles. The Bertz CT molecular complexity index is 480. The fourth-order valence-electron chi connectivity index (χ4n) is 3.21. The number of esters is 1. The van der Waals surface area contributed by atoms with Gasteiger partial charge in [-0.1, -0.05) is 0 Å². The van der Waals surface area contributed by atoms with Gasteiger partial charge in [-0.05, 0) is 27.7 Å². The van der Waals surface area contributed by atoms with E-state index in [1.165, 1.54) is 7.11 Å². The number of fused-ring (bicyclic) bond motifs is 1. The summed E-state index contributed by atoms with van der Waals surface area (Å²) in [5.74, 6) is -2.29. The van der Waals surface area contributed by atoms with Gasteiger partial charge >= 0.3 is 5.97 Å². The number of carbonyl (C=O) groups is 1. The maximum Gasteiger partial charge on any atom is 0.356 e. The Hall–Kier alpha value is -0.770. The molecule has 3 rings (SSSR count). The lowest BCUT2D eigenvalue weighted by molar-refractivity contribution is -0.230. The number of carbonyl (C=O) groups excluding carboxylic acids is 1. The summed E-state index contributed by atoms with van der Waals surface area (Å²) in [6.45, 7) is 7.46. The van der Waals surface area contributed by atoms with Crippen LogP contribution in [0.1, 0.15) is 27.7 Å². The van der Waals surface area contributed by atoms with Crippen molar-refractivity contribution in [3.05, 3.63) is 0 Å². The van der Waals surface area contributed by atoms with Crippen molar-refractivity contribution in [1.82, 2.24) is 0 Å². The largest absolute Gasteiger partial charge is 0.466 e. The van der Waals surface area contributed by atoms with Crippen LogP contribution in [-0.4, -0.2) is 61.4 Å². The fraction of sp³-hybridized carbons (Fsp3) is 0.929. The van der Waals surface area contributed by atoms with Crippen molar-refractivity contribution in [2.45, 2.75) is 69.4 Å². The zero-order chi connectivity index (χ0) is 16.3. The summed E-state index contributed by atoms with van der Waals surface area (Å²) in [4.78, 5) is 12.1. The molecule has 0 aromatic carbocycles. The summed E-state index contributed by atoms with van der Waals surface area (Å²) in [5.41, 5.74) is 4.42. The van der Waals surface area contributed by atoms with Gasteiger partial charge < -0.3 is 28.4 Å². The van der Waals surface area contributed by atoms with Crippen LogP contribution in [0.15, 0.2) is 0 Å². The molecular formula is C14H23NO7. The van der Waals surface area contributed by atoms with Crippen molar-refractivity contribution in [2.24, 2.45) is 5.73 Å². The molecule has 0 aromatic rings. The molecule has 0 spiro atoms. The van der Waals surface area contributed by atoms with Crippen LogP contribution < -0.4 is 5.73 Å². The number of nitrogens with two attached hydrogens (primary N) is 1. The average molecular weight is 317 g/mol. The monoisotopic (exact) mass is 317 g/mol. The van der Waals surface area contributed by atoms with E-state index in [1.807, 2.05) is 13.8 Å². The highest BCUT2D eigenvalue weighted by Crippen LogP contribution is 2.45. The third kappa shape index (κ3) is 2.44. The first-order valence-electron chi connectivity index (χ1n) is 7.30. The number of ether oxygens (including phenoxy) is 6. The van der Waals surface area contributed by atoms with Crippen molar-refractivity contribution in [3.63, 3.8) is 0 Å². The number of rotatable bonds is 2. The van der Waals surface area contributed by atoms with Gasteiger partial charge in [-0.2, -0.15) is 0 Å². The summed E-state index contributed by atoms with van der Waals surface area (Å²) < 4.78 is 33.6. The second kappa shape index (κ2) is 4.86. The van der Waals surface area contributed by atoms with E-state index in [2.05, 4.69) is 0 Å². The first-order chi connectivity index (χ1) is 10.1. The Morgan fingerprint density at radius 3 is 2.27 bits per heavy atom. The molecule has 22 heavy (non-hydrogen) atoms. The molecule has 8 heteroatoms. The van der Waals surface area contributed by atoms with Gasteiger partial charge in [0.1, 0.15) is 24.4 Å². The highest BCUT2D eigenvalue weighted by Gasteiger charge is 2.67. The van der Waals surface area contributed by atoms with E-state index in [1.54, 1.807) is 13.8 Å². The first-order valence-corrected chi connectivity index (χ1v) is 7.30. The Morgan fingerprint density at radius 2 is 1.73 bits per heavy atom. The van der Waals surface area contributed by atoms with E-state index in [-0.39, 0.29) is 0 Å². The zero-order valence-corrected chi connectivity index (χ0v) is 13.5. The van der Waals surface area contributed by atoms with Crippen LogP contribution in [0.5, 0.6) is 0 Å². The van der Waals surface area contributed by atoms with E-state index in [0.717, 1.165) is 0 Å². The zero-order valence-electron chi connectivity index (χ0n) is 13.5. The van der Waals surface area contributed by atoms with Gasteiger partial charge in [0.05, 0.1) is 13.7 Å². The molecular weight excluding hydrogens is 294 g/mol. The summed E-state index contributed by atoms with van der Waals surface area (Å²) >= 11 is 0. The average Bonchev–Trinajstić information content (AvgIpc) is 3.01. The van der Waals surface area contributed by atoms with Crippen molar-refractivity contribution in [3.8, 4) is 0 Å². The topological polar surface area (TPSA) is 98.5 Å². The molecule has 0 amide bonds. The SMILES string of the molecule is COC(=O)[C@@]1(N)O[C@H]([C@H]2COC(C)(C)O2)[C@@H]2OC(C)(C)O[C@@H]21. The maximum absolute atomic E-state index is 12.1. The Labute approximate surface area is 129 Å². The Morgan fingerprint density at radius 1 is 1.05 bits per heavy atom. The van der Waals surface area contributed by atoms with Crippen LogP contribution in [0.4, 0.5) is 0 Å². The van der Waals surface area contributed by atoms with Gasteiger partial charge in [0, 0.05) is 0 Å². The highest BCUT2D eigenvalue weighted by molar-refractivity contribution is 5.80. The minimum atomic E-state index is -1.73. The fourth-order valence-corrected chi connectivity index (χ4v) is 3.21. The van der Waals surface area contributed by atoms with E-state index < -0.39 is 47.7 Å². The van der Waals surface area contributed by atoms with Crippen molar-refractivity contribution in [1.29, 1.82) is 0 Å². The highest BCUT2D eigenvalue weighted by atomic mass is 16.8. The standard InChI is InChI=1S/C14H23NO7/c1-12(2)18-6-7(19-12)8-9-10(22-13(3,4)20-9)14(15,21-8)11(16)17-5/h7-10H,6,15H2,1-5H3/t7-,8-,9+,10+,14+/m1/s1. The van der Waals surface area contributed by atoms with Crippen LogP contribution in [-0.2, 0) is 33.2 Å². The van der Waals surface area contributed by atoms with E-state index >= 15 is 0 Å². The smallest absolute Gasteiger partial charge is 0.356 e. The summed E-state index contributed by atoms with van der Waals surface area (Å²) in [5, 5.41) is 0. The van der Waals surface area contributed by atoms with Crippen molar-refractivity contribution in [2.75, 3.05) is 13.7 Å². The number of hydrogen-bond donors (Lipinski definition) is 1. The molecule has 8 nitrogen and oxygen atoms in total. The molecule has 3 aliphatic rings. The first kappa shape index (κ1) is 16.1. The number of hydrogen-bond acceptors (Lipinski definition) is 8. The van der Waals surface area contributed by atoms with Crippen LogP contribution in [0.2, 0.25) is 0 Å². The molecule has 0 unspecified atom stereocenters. The van der Waals surface area contributed by atoms with Gasteiger partial charge in [0.2, 0.25) is 5.72 Å². The van der Waals surface area contributed by atoms with E-state index in [0.29, 0.717) is 6.61 Å². The molecule has 126 valence electrons. The predicted octanol–water partition coefficient (Wildman–Crippen LogP) is -0.115. The third-order valence-electron chi connectivity index (χ3n) is 4.11. The lowest BCUT2D eigenvalue weighted by Crippen LogP contribution is -2.58. The second-order valence-electron chi connectivity index (χ2n) is 6.76. The van der Waals surface area contributed by atoms with Crippen LogP contribution in [0.3, 0.4) is 0 Å². The second-order valence-corrected chi connectivity index (χ2v) is 6.76. The molecule has 3 fully saturated rings. The minimum absolute atomic E-state index is 0.321. The molecule has 5 atom stereocenters. The van der Waals surface area contributed by atoms with Gasteiger partial charge in [-0.3, -0.25) is 5.73 Å². The Balaban J connectivity index is 1.88.